The molecule has 2 unspecified atom stereocenters. The number of rotatable bonds is 4. The van der Waals surface area contributed by atoms with Crippen molar-refractivity contribution in [3.63, 3.8) is 0 Å². The number of ketones is 2. The van der Waals surface area contributed by atoms with Crippen molar-refractivity contribution in [1.82, 2.24) is 19.9 Å². The number of benzene rings is 3. The van der Waals surface area contributed by atoms with Crippen molar-refractivity contribution in [3.05, 3.63) is 128 Å². The molecule has 0 fully saturated rings. The van der Waals surface area contributed by atoms with Gasteiger partial charge in [0.15, 0.2) is 11.6 Å². The van der Waals surface area contributed by atoms with E-state index in [-0.39, 0.29) is 35.3 Å². The molecule has 0 spiro atoms. The molecule has 2 aliphatic rings. The molecule has 10 heteroatoms. The smallest absolute Gasteiger partial charge is 0.220 e. The lowest BCUT2D eigenvalue weighted by atomic mass is 9.81. The van der Waals surface area contributed by atoms with Crippen LogP contribution in [-0.2, 0) is 12.8 Å². The number of anilines is 2. The van der Waals surface area contributed by atoms with Crippen LogP contribution in [-0.4, -0.2) is 31.5 Å². The number of hydrogen-bond donors (Lipinski definition) is 2. The molecule has 9 nitrogen and oxygen atoms in total. The number of carbonyl (C=O) groups excluding carboxylic acids is 2. The predicted molar refractivity (Wildman–Crippen MR) is 180 cm³/mol. The minimum absolute atomic E-state index is 0.00334. The molecule has 0 aliphatic heterocycles. The summed E-state index contributed by atoms with van der Waals surface area (Å²) in [6, 6.07) is 25.5. The number of aromatic nitrogens is 4. The van der Waals surface area contributed by atoms with E-state index >= 15 is 0 Å². The number of nitrogens with zero attached hydrogens (tertiary/aromatic N) is 4. The Balaban J connectivity index is 0.000000167. The molecule has 0 amide bonds. The van der Waals surface area contributed by atoms with E-state index in [2.05, 4.69) is 35.9 Å². The first-order chi connectivity index (χ1) is 22.2. The number of fused-ring (bicyclic) bond motifs is 2. The highest BCUT2D eigenvalue weighted by Gasteiger charge is 2.32. The Morgan fingerprint density at radius 2 is 1.11 bits per heavy atom. The standard InChI is InChI=1S/C21H19N3O2.C15H14BrN3O/c1-13-20-17(24-21(22)23-13)11-14(12-18(20)25)16-9-5-6-10-19(16)26-15-7-3-2-4-8-15;1-8-14-12(19-15(17)18-8)6-9(7-13(14)20)10-4-2-3-5-11(10)16/h2-10,14H,11-12H2,1H3,(H2,22,23,24);2-5,9H,6-7H2,1H3,(H2,17,18,19). The largest absolute Gasteiger partial charge is 0.457 e. The van der Waals surface area contributed by atoms with Gasteiger partial charge in [0.1, 0.15) is 11.5 Å². The normalized spacial score (nSPS) is 16.9. The van der Waals surface area contributed by atoms with Crippen LogP contribution < -0.4 is 16.2 Å². The van der Waals surface area contributed by atoms with Gasteiger partial charge in [-0.3, -0.25) is 9.59 Å². The second kappa shape index (κ2) is 13.2. The Morgan fingerprint density at radius 3 is 1.67 bits per heavy atom. The third-order valence-corrected chi connectivity index (χ3v) is 9.06. The van der Waals surface area contributed by atoms with Crippen LogP contribution in [0.25, 0.3) is 0 Å². The van der Waals surface area contributed by atoms with Gasteiger partial charge in [-0.25, -0.2) is 19.9 Å². The van der Waals surface area contributed by atoms with E-state index in [9.17, 15) is 9.59 Å². The van der Waals surface area contributed by atoms with Crippen molar-refractivity contribution in [2.75, 3.05) is 11.5 Å². The lowest BCUT2D eigenvalue weighted by Gasteiger charge is -2.25. The lowest BCUT2D eigenvalue weighted by Crippen LogP contribution is -2.23. The Bertz CT molecular complexity index is 1950. The van der Waals surface area contributed by atoms with Gasteiger partial charge in [0.05, 0.1) is 33.9 Å². The minimum atomic E-state index is 0.00334. The number of carbonyl (C=O) groups is 2. The van der Waals surface area contributed by atoms with Crippen molar-refractivity contribution < 1.29 is 14.3 Å². The summed E-state index contributed by atoms with van der Waals surface area (Å²) in [7, 11) is 0. The fourth-order valence-corrected chi connectivity index (χ4v) is 6.98. The predicted octanol–water partition coefficient (Wildman–Crippen LogP) is 7.11. The Labute approximate surface area is 275 Å². The van der Waals surface area contributed by atoms with E-state index < -0.39 is 0 Å². The number of halogens is 1. The SMILES string of the molecule is Cc1nc(N)nc2c1C(=O)CC(c1ccccc1Br)C2.Cc1nc(N)nc2c1C(=O)CC(c1ccccc1Oc1ccccc1)C2. The molecule has 232 valence electrons. The van der Waals surface area contributed by atoms with Gasteiger partial charge in [-0.15, -0.1) is 0 Å². The molecule has 0 radical (unpaired) electrons. The number of Topliss-reactive ketones (excluding diaryl/α,β-unsaturated/α-hetero) is 2. The quantitative estimate of drug-likeness (QED) is 0.203. The summed E-state index contributed by atoms with van der Waals surface area (Å²) in [5.74, 6) is 2.28. The molecule has 4 N–H and O–H groups in total. The first-order valence-electron chi connectivity index (χ1n) is 15.1. The molecule has 0 saturated carbocycles. The Hall–Kier alpha value is -4.96. The Kier molecular flexibility index (Phi) is 8.90. The number of para-hydroxylation sites is 2. The molecular formula is C36H33BrN6O3. The van der Waals surface area contributed by atoms with Gasteiger partial charge >= 0.3 is 0 Å². The fraction of sp³-hybridized carbons (Fsp3) is 0.222. The van der Waals surface area contributed by atoms with Gasteiger partial charge in [0, 0.05) is 23.2 Å². The number of nitrogens with two attached hydrogens (primary N) is 2. The summed E-state index contributed by atoms with van der Waals surface area (Å²) in [4.78, 5) is 41.9. The van der Waals surface area contributed by atoms with Gasteiger partial charge in [-0.1, -0.05) is 70.5 Å². The van der Waals surface area contributed by atoms with Crippen LogP contribution in [0.5, 0.6) is 11.5 Å². The zero-order valence-electron chi connectivity index (χ0n) is 25.5. The third-order valence-electron chi connectivity index (χ3n) is 8.34. The summed E-state index contributed by atoms with van der Waals surface area (Å²) in [5.41, 5.74) is 17.7. The average molecular weight is 678 g/mol. The van der Waals surface area contributed by atoms with Crippen LogP contribution in [0, 0.1) is 13.8 Å². The molecule has 0 bridgehead atoms. The van der Waals surface area contributed by atoms with Crippen LogP contribution >= 0.6 is 15.9 Å². The molecule has 5 aromatic rings. The second-order valence-corrected chi connectivity index (χ2v) is 12.4. The summed E-state index contributed by atoms with van der Waals surface area (Å²) in [5, 5.41) is 0. The maximum Gasteiger partial charge on any atom is 0.220 e. The van der Waals surface area contributed by atoms with Gasteiger partial charge in [0.25, 0.3) is 0 Å². The van der Waals surface area contributed by atoms with E-state index in [1.165, 1.54) is 0 Å². The van der Waals surface area contributed by atoms with Crippen molar-refractivity contribution >= 4 is 39.4 Å². The first-order valence-corrected chi connectivity index (χ1v) is 15.9. The van der Waals surface area contributed by atoms with Crippen molar-refractivity contribution in [1.29, 1.82) is 0 Å². The average Bonchev–Trinajstić information content (AvgIpc) is 3.01. The number of hydrogen-bond acceptors (Lipinski definition) is 9. The zero-order valence-corrected chi connectivity index (χ0v) is 27.1. The Morgan fingerprint density at radius 1 is 0.630 bits per heavy atom. The summed E-state index contributed by atoms with van der Waals surface area (Å²) in [6.45, 7) is 3.62. The molecule has 2 aromatic heterocycles. The van der Waals surface area contributed by atoms with Crippen LogP contribution in [0.1, 0.15) is 79.3 Å². The summed E-state index contributed by atoms with van der Waals surface area (Å²) in [6.07, 6.45) is 2.26. The van der Waals surface area contributed by atoms with E-state index in [4.69, 9.17) is 16.2 Å². The molecule has 7 rings (SSSR count). The van der Waals surface area contributed by atoms with Gasteiger partial charge in [-0.2, -0.15) is 0 Å². The molecule has 3 aromatic carbocycles. The maximum absolute atomic E-state index is 12.7. The molecule has 2 heterocycles. The monoisotopic (exact) mass is 676 g/mol. The summed E-state index contributed by atoms with van der Waals surface area (Å²) < 4.78 is 7.09. The van der Waals surface area contributed by atoms with Gasteiger partial charge in [0.2, 0.25) is 11.9 Å². The minimum Gasteiger partial charge on any atom is -0.457 e. The van der Waals surface area contributed by atoms with Gasteiger partial charge in [-0.05, 0) is 68.0 Å². The molecule has 0 saturated heterocycles. The number of aryl methyl sites for hydroxylation is 2. The maximum atomic E-state index is 12.7. The van der Waals surface area contributed by atoms with Gasteiger partial charge < -0.3 is 16.2 Å². The van der Waals surface area contributed by atoms with Crippen LogP contribution in [0.4, 0.5) is 11.9 Å². The molecule has 2 atom stereocenters. The number of nitrogen functional groups attached to an aromatic ring is 2. The topological polar surface area (TPSA) is 147 Å². The van der Waals surface area contributed by atoms with Crippen LogP contribution in [0.3, 0.4) is 0 Å². The first kappa shape index (κ1) is 31.0. The zero-order chi connectivity index (χ0) is 32.4. The van der Waals surface area contributed by atoms with Crippen LogP contribution in [0.15, 0.2) is 83.3 Å². The number of ether oxygens (including phenoxy) is 1. The lowest BCUT2D eigenvalue weighted by molar-refractivity contribution is 0.0953. The highest BCUT2D eigenvalue weighted by molar-refractivity contribution is 9.10. The molecule has 46 heavy (non-hydrogen) atoms. The van der Waals surface area contributed by atoms with Crippen molar-refractivity contribution in [3.8, 4) is 11.5 Å². The fourth-order valence-electron chi connectivity index (χ4n) is 6.37. The highest BCUT2D eigenvalue weighted by atomic mass is 79.9. The van der Waals surface area contributed by atoms with Crippen molar-refractivity contribution in [2.45, 2.75) is 51.4 Å². The third kappa shape index (κ3) is 6.53. The highest BCUT2D eigenvalue weighted by Crippen LogP contribution is 2.39. The van der Waals surface area contributed by atoms with E-state index in [0.29, 0.717) is 41.8 Å². The second-order valence-electron chi connectivity index (χ2n) is 11.5. The van der Waals surface area contributed by atoms with Crippen molar-refractivity contribution in [2.24, 2.45) is 0 Å². The van der Waals surface area contributed by atoms with E-state index in [0.717, 1.165) is 44.9 Å². The molecular weight excluding hydrogens is 644 g/mol. The molecule has 2 aliphatic carbocycles. The van der Waals surface area contributed by atoms with Crippen LogP contribution in [0.2, 0.25) is 0 Å². The van der Waals surface area contributed by atoms with E-state index in [1.807, 2.05) is 92.7 Å². The van der Waals surface area contributed by atoms with E-state index in [1.54, 1.807) is 0 Å². The summed E-state index contributed by atoms with van der Waals surface area (Å²) >= 11 is 3.55.